The largest absolute Gasteiger partial charge is 0.334 e. The number of aryl methyl sites for hydroxylation is 1. The number of halogens is 1. The van der Waals surface area contributed by atoms with Gasteiger partial charge in [0.05, 0.1) is 0 Å². The van der Waals surface area contributed by atoms with Gasteiger partial charge in [-0.2, -0.15) is 4.98 Å². The van der Waals surface area contributed by atoms with E-state index in [4.69, 9.17) is 4.52 Å². The van der Waals surface area contributed by atoms with Crippen molar-refractivity contribution in [1.29, 1.82) is 0 Å². The maximum atomic E-state index is 5.35. The lowest BCUT2D eigenvalue weighted by molar-refractivity contribution is 0.432. The van der Waals surface area contributed by atoms with Crippen molar-refractivity contribution in [3.05, 3.63) is 58.6 Å². The lowest BCUT2D eigenvalue weighted by atomic mass is 10.1. The fourth-order valence-electron chi connectivity index (χ4n) is 1.98. The van der Waals surface area contributed by atoms with Gasteiger partial charge in [-0.15, -0.1) is 0 Å². The van der Waals surface area contributed by atoms with E-state index in [1.165, 1.54) is 5.56 Å². The van der Waals surface area contributed by atoms with Crippen LogP contribution < -0.4 is 0 Å². The molecular weight excluding hydrogens is 316 g/mol. The van der Waals surface area contributed by atoms with Gasteiger partial charge in [-0.05, 0) is 36.2 Å². The summed E-state index contributed by atoms with van der Waals surface area (Å²) in [6, 6.07) is 16.0. The minimum absolute atomic E-state index is 0.540. The van der Waals surface area contributed by atoms with Crippen LogP contribution in [0.2, 0.25) is 0 Å². The van der Waals surface area contributed by atoms with Crippen LogP contribution >= 0.6 is 15.9 Å². The molecule has 100 valence electrons. The van der Waals surface area contributed by atoms with E-state index in [-0.39, 0.29) is 0 Å². The third-order valence-electron chi connectivity index (χ3n) is 3.15. The van der Waals surface area contributed by atoms with Crippen molar-refractivity contribution in [2.24, 2.45) is 0 Å². The number of rotatable bonds is 3. The molecule has 20 heavy (non-hydrogen) atoms. The average Bonchev–Trinajstić information content (AvgIpc) is 2.97. The highest BCUT2D eigenvalue weighted by molar-refractivity contribution is 9.10. The summed E-state index contributed by atoms with van der Waals surface area (Å²) in [4.78, 5) is 4.46. The molecule has 0 saturated heterocycles. The van der Waals surface area contributed by atoms with Crippen molar-refractivity contribution >= 4 is 15.9 Å². The molecule has 0 spiro atoms. The molecule has 0 fully saturated rings. The Labute approximate surface area is 125 Å². The molecule has 3 rings (SSSR count). The Morgan fingerprint density at radius 2 is 1.80 bits per heavy atom. The molecule has 4 heteroatoms. The Hall–Kier alpha value is -1.94. The van der Waals surface area contributed by atoms with Gasteiger partial charge in [0, 0.05) is 15.6 Å². The Balaban J connectivity index is 1.95. The van der Waals surface area contributed by atoms with E-state index in [2.05, 4.69) is 45.1 Å². The molecule has 1 aromatic heterocycles. The van der Waals surface area contributed by atoms with Gasteiger partial charge in [0.15, 0.2) is 0 Å². The van der Waals surface area contributed by atoms with Crippen LogP contribution in [0, 0.1) is 0 Å². The van der Waals surface area contributed by atoms with Gasteiger partial charge in [-0.25, -0.2) is 0 Å². The first-order chi connectivity index (χ1) is 9.78. The Bertz CT molecular complexity index is 719. The second kappa shape index (κ2) is 5.59. The highest BCUT2D eigenvalue weighted by Gasteiger charge is 2.12. The maximum absolute atomic E-state index is 5.35. The molecular formula is C16H13BrN2O. The fourth-order valence-corrected chi connectivity index (χ4v) is 2.44. The Morgan fingerprint density at radius 1 is 1.05 bits per heavy atom. The second-order valence-corrected chi connectivity index (χ2v) is 5.31. The van der Waals surface area contributed by atoms with Crippen molar-refractivity contribution < 1.29 is 4.52 Å². The predicted molar refractivity (Wildman–Crippen MR) is 82.2 cm³/mol. The van der Waals surface area contributed by atoms with Gasteiger partial charge in [0.25, 0.3) is 5.89 Å². The highest BCUT2D eigenvalue weighted by Crippen LogP contribution is 2.27. The van der Waals surface area contributed by atoms with Crippen molar-refractivity contribution in [1.82, 2.24) is 10.1 Å². The summed E-state index contributed by atoms with van der Waals surface area (Å²) >= 11 is 3.50. The average molecular weight is 329 g/mol. The first kappa shape index (κ1) is 13.1. The van der Waals surface area contributed by atoms with E-state index in [1.807, 2.05) is 36.4 Å². The molecule has 0 N–H and O–H groups in total. The summed E-state index contributed by atoms with van der Waals surface area (Å²) in [6.07, 6.45) is 1.02. The van der Waals surface area contributed by atoms with E-state index >= 15 is 0 Å². The summed E-state index contributed by atoms with van der Waals surface area (Å²) in [5, 5.41) is 4.05. The fraction of sp³-hybridized carbons (Fsp3) is 0.125. The number of hydrogen-bond acceptors (Lipinski definition) is 3. The van der Waals surface area contributed by atoms with E-state index in [9.17, 15) is 0 Å². The zero-order valence-corrected chi connectivity index (χ0v) is 12.6. The lowest BCUT2D eigenvalue weighted by Crippen LogP contribution is -1.83. The minimum atomic E-state index is 0.540. The molecule has 0 aliphatic rings. The van der Waals surface area contributed by atoms with Crippen molar-refractivity contribution in [3.63, 3.8) is 0 Å². The summed E-state index contributed by atoms with van der Waals surface area (Å²) in [5.41, 5.74) is 3.15. The molecule has 0 unspecified atom stereocenters. The monoisotopic (exact) mass is 328 g/mol. The quantitative estimate of drug-likeness (QED) is 0.697. The third-order valence-corrected chi connectivity index (χ3v) is 3.84. The van der Waals surface area contributed by atoms with Crippen LogP contribution in [0.15, 0.2) is 57.5 Å². The van der Waals surface area contributed by atoms with Gasteiger partial charge in [-0.3, -0.25) is 0 Å². The van der Waals surface area contributed by atoms with Crippen LogP contribution in [-0.4, -0.2) is 10.1 Å². The number of hydrogen-bond donors (Lipinski definition) is 0. The van der Waals surface area contributed by atoms with Crippen LogP contribution in [0.4, 0.5) is 0 Å². The molecule has 0 saturated carbocycles. The topological polar surface area (TPSA) is 38.9 Å². The number of aromatic nitrogens is 2. The summed E-state index contributed by atoms with van der Waals surface area (Å²) in [6.45, 7) is 2.13. The molecule has 0 radical (unpaired) electrons. The van der Waals surface area contributed by atoms with Crippen molar-refractivity contribution in [2.75, 3.05) is 0 Å². The second-order valence-electron chi connectivity index (χ2n) is 4.45. The zero-order chi connectivity index (χ0) is 13.9. The highest BCUT2D eigenvalue weighted by atomic mass is 79.9. The molecule has 3 aromatic rings. The van der Waals surface area contributed by atoms with E-state index in [1.54, 1.807) is 0 Å². The van der Waals surface area contributed by atoms with Crippen molar-refractivity contribution in [2.45, 2.75) is 13.3 Å². The molecule has 0 bridgehead atoms. The Kier molecular flexibility index (Phi) is 3.65. The van der Waals surface area contributed by atoms with Crippen LogP contribution in [-0.2, 0) is 6.42 Å². The lowest BCUT2D eigenvalue weighted by Gasteiger charge is -1.98. The van der Waals surface area contributed by atoms with E-state index < -0.39 is 0 Å². The first-order valence-corrected chi connectivity index (χ1v) is 7.25. The predicted octanol–water partition coefficient (Wildman–Crippen LogP) is 4.73. The summed E-state index contributed by atoms with van der Waals surface area (Å²) < 4.78 is 6.30. The first-order valence-electron chi connectivity index (χ1n) is 6.46. The molecule has 0 amide bonds. The van der Waals surface area contributed by atoms with Crippen LogP contribution in [0.5, 0.6) is 0 Å². The van der Waals surface area contributed by atoms with Crippen LogP contribution in [0.1, 0.15) is 12.5 Å². The van der Waals surface area contributed by atoms with E-state index in [0.29, 0.717) is 11.7 Å². The Morgan fingerprint density at radius 3 is 2.50 bits per heavy atom. The summed E-state index contributed by atoms with van der Waals surface area (Å²) in [5.74, 6) is 1.13. The van der Waals surface area contributed by atoms with Gasteiger partial charge in [0.2, 0.25) is 5.82 Å². The van der Waals surface area contributed by atoms with Gasteiger partial charge >= 0.3 is 0 Å². The molecule has 0 aliphatic carbocycles. The SMILES string of the molecule is CCc1ccc(-c2nc(-c3ccccc3Br)no2)cc1. The molecule has 0 atom stereocenters. The third kappa shape index (κ3) is 2.51. The molecule has 3 nitrogen and oxygen atoms in total. The summed E-state index contributed by atoms with van der Waals surface area (Å²) in [7, 11) is 0. The maximum Gasteiger partial charge on any atom is 0.258 e. The van der Waals surface area contributed by atoms with Gasteiger partial charge in [-0.1, -0.05) is 52.3 Å². The van der Waals surface area contributed by atoms with Crippen LogP contribution in [0.25, 0.3) is 22.8 Å². The zero-order valence-electron chi connectivity index (χ0n) is 11.0. The number of nitrogens with zero attached hydrogens (tertiary/aromatic N) is 2. The normalized spacial score (nSPS) is 10.7. The molecule has 1 heterocycles. The smallest absolute Gasteiger partial charge is 0.258 e. The number of benzene rings is 2. The van der Waals surface area contributed by atoms with Gasteiger partial charge < -0.3 is 4.52 Å². The van der Waals surface area contributed by atoms with Crippen LogP contribution in [0.3, 0.4) is 0 Å². The van der Waals surface area contributed by atoms with Crippen molar-refractivity contribution in [3.8, 4) is 22.8 Å². The molecule has 0 aliphatic heterocycles. The van der Waals surface area contributed by atoms with E-state index in [0.717, 1.165) is 22.0 Å². The standard InChI is InChI=1S/C16H13BrN2O/c1-2-11-7-9-12(10-8-11)16-18-15(19-20-16)13-5-3-4-6-14(13)17/h3-10H,2H2,1H3. The minimum Gasteiger partial charge on any atom is -0.334 e. The van der Waals surface area contributed by atoms with Gasteiger partial charge in [0.1, 0.15) is 0 Å². The molecule has 2 aromatic carbocycles.